The van der Waals surface area contributed by atoms with Crippen molar-refractivity contribution in [3.05, 3.63) is 102 Å². The number of aromatic nitrogens is 1. The summed E-state index contributed by atoms with van der Waals surface area (Å²) in [5.41, 5.74) is 5.19. The van der Waals surface area contributed by atoms with Crippen molar-refractivity contribution >= 4 is 5.88 Å². The number of nitriles is 1. The van der Waals surface area contributed by atoms with Gasteiger partial charge in [0.25, 0.3) is 0 Å². The van der Waals surface area contributed by atoms with E-state index < -0.39 is 0 Å². The number of anilines is 1. The maximum atomic E-state index is 9.54. The van der Waals surface area contributed by atoms with Crippen molar-refractivity contribution in [2.45, 2.75) is 19.6 Å². The largest absolute Gasteiger partial charge is 0.484 e. The van der Waals surface area contributed by atoms with Crippen LogP contribution in [0.25, 0.3) is 11.1 Å². The Hall–Kier alpha value is -4.04. The van der Waals surface area contributed by atoms with Crippen LogP contribution in [0.3, 0.4) is 0 Å². The first kappa shape index (κ1) is 19.0. The van der Waals surface area contributed by atoms with Crippen molar-refractivity contribution in [3.63, 3.8) is 0 Å². The van der Waals surface area contributed by atoms with Gasteiger partial charge in [-0.15, -0.1) is 0 Å². The van der Waals surface area contributed by atoms with E-state index in [0.29, 0.717) is 24.0 Å². The second-order valence-electron chi connectivity index (χ2n) is 7.49. The molecule has 3 aromatic carbocycles. The summed E-state index contributed by atoms with van der Waals surface area (Å²) < 4.78 is 11.8. The summed E-state index contributed by atoms with van der Waals surface area (Å²) in [6.45, 7) is 1.67. The lowest BCUT2D eigenvalue weighted by atomic mass is 10.00. The van der Waals surface area contributed by atoms with Gasteiger partial charge in [0.15, 0.2) is 6.61 Å². The van der Waals surface area contributed by atoms with Gasteiger partial charge < -0.3 is 14.1 Å². The van der Waals surface area contributed by atoms with Crippen LogP contribution in [0.4, 0.5) is 5.88 Å². The molecule has 1 aromatic heterocycles. The summed E-state index contributed by atoms with van der Waals surface area (Å²) in [6.07, 6.45) is 0.918. The molecule has 0 radical (unpaired) electrons. The molecule has 5 heteroatoms. The van der Waals surface area contributed by atoms with Crippen LogP contribution in [0, 0.1) is 11.3 Å². The number of ether oxygens (including phenoxy) is 1. The number of benzene rings is 3. The van der Waals surface area contributed by atoms with Gasteiger partial charge in [0.05, 0.1) is 0 Å². The van der Waals surface area contributed by atoms with Gasteiger partial charge in [0.1, 0.15) is 11.8 Å². The second kappa shape index (κ2) is 8.37. The van der Waals surface area contributed by atoms with Gasteiger partial charge in [-0.25, -0.2) is 0 Å². The monoisotopic (exact) mass is 407 g/mol. The SMILES string of the molecule is N#Cc1nc(COc2ccc(-c3ccccc3)cc2)oc1N1CCc2ccccc2C1. The van der Waals surface area contributed by atoms with Crippen molar-refractivity contribution < 1.29 is 9.15 Å². The Bertz CT molecular complexity index is 1220. The Morgan fingerprint density at radius 1 is 0.903 bits per heavy atom. The highest BCUT2D eigenvalue weighted by molar-refractivity contribution is 5.63. The molecule has 0 saturated carbocycles. The number of fused-ring (bicyclic) bond motifs is 1. The van der Waals surface area contributed by atoms with Gasteiger partial charge in [0, 0.05) is 13.1 Å². The van der Waals surface area contributed by atoms with Gasteiger partial charge in [-0.2, -0.15) is 10.2 Å². The Labute approximate surface area is 181 Å². The van der Waals surface area contributed by atoms with Crippen LogP contribution < -0.4 is 9.64 Å². The highest BCUT2D eigenvalue weighted by Gasteiger charge is 2.23. The normalized spacial score (nSPS) is 12.8. The minimum absolute atomic E-state index is 0.170. The average molecular weight is 407 g/mol. The van der Waals surface area contributed by atoms with E-state index in [4.69, 9.17) is 9.15 Å². The molecule has 0 unspecified atom stereocenters. The maximum absolute atomic E-state index is 9.54. The van der Waals surface area contributed by atoms with Gasteiger partial charge in [0.2, 0.25) is 17.5 Å². The smallest absolute Gasteiger partial charge is 0.236 e. The van der Waals surface area contributed by atoms with E-state index in [0.717, 1.165) is 29.8 Å². The molecule has 0 N–H and O–H groups in total. The zero-order valence-corrected chi connectivity index (χ0v) is 17.0. The lowest BCUT2D eigenvalue weighted by Gasteiger charge is -2.28. The fourth-order valence-corrected chi connectivity index (χ4v) is 3.89. The Kier molecular flexibility index (Phi) is 5.12. The van der Waals surface area contributed by atoms with Crippen molar-refractivity contribution in [3.8, 4) is 22.9 Å². The Morgan fingerprint density at radius 2 is 1.61 bits per heavy atom. The van der Waals surface area contributed by atoms with E-state index in [-0.39, 0.29) is 6.61 Å². The van der Waals surface area contributed by atoms with Crippen LogP contribution in [-0.2, 0) is 19.6 Å². The van der Waals surface area contributed by atoms with Crippen molar-refractivity contribution in [1.82, 2.24) is 4.98 Å². The molecule has 4 aromatic rings. The number of hydrogen-bond donors (Lipinski definition) is 0. The lowest BCUT2D eigenvalue weighted by molar-refractivity contribution is 0.263. The zero-order valence-electron chi connectivity index (χ0n) is 17.0. The molecule has 0 saturated heterocycles. The van der Waals surface area contributed by atoms with Gasteiger partial charge >= 0.3 is 0 Å². The minimum atomic E-state index is 0.170. The summed E-state index contributed by atoms with van der Waals surface area (Å²) >= 11 is 0. The van der Waals surface area contributed by atoms with E-state index in [2.05, 4.69) is 46.3 Å². The molecular formula is C26H21N3O2. The topological polar surface area (TPSA) is 62.3 Å². The summed E-state index contributed by atoms with van der Waals surface area (Å²) in [5.74, 6) is 1.65. The number of hydrogen-bond acceptors (Lipinski definition) is 5. The molecule has 152 valence electrons. The zero-order chi connectivity index (χ0) is 21.0. The molecule has 0 bridgehead atoms. The fraction of sp³-hybridized carbons (Fsp3) is 0.154. The molecule has 5 rings (SSSR count). The third-order valence-electron chi connectivity index (χ3n) is 5.50. The standard InChI is InChI=1S/C26H21N3O2/c27-16-24-26(29-15-14-20-8-4-5-9-22(20)17-29)31-25(28-24)18-30-23-12-10-21(11-13-23)19-6-2-1-3-7-19/h1-13H,14-15,17-18H2. The molecule has 1 aliphatic heterocycles. The Balaban J connectivity index is 1.28. The highest BCUT2D eigenvalue weighted by atomic mass is 16.5. The van der Waals surface area contributed by atoms with Gasteiger partial charge in [-0.1, -0.05) is 66.7 Å². The summed E-state index contributed by atoms with van der Waals surface area (Å²) in [7, 11) is 0. The molecule has 0 amide bonds. The molecule has 2 heterocycles. The van der Waals surface area contributed by atoms with Crippen molar-refractivity contribution in [2.75, 3.05) is 11.4 Å². The van der Waals surface area contributed by atoms with Gasteiger partial charge in [-0.05, 0) is 40.8 Å². The second-order valence-corrected chi connectivity index (χ2v) is 7.49. The van der Waals surface area contributed by atoms with E-state index in [1.165, 1.54) is 11.1 Å². The van der Waals surface area contributed by atoms with Crippen LogP contribution >= 0.6 is 0 Å². The predicted molar refractivity (Wildman–Crippen MR) is 119 cm³/mol. The molecule has 0 fully saturated rings. The minimum Gasteiger partial charge on any atom is -0.484 e. The predicted octanol–water partition coefficient (Wildman–Crippen LogP) is 5.35. The molecule has 31 heavy (non-hydrogen) atoms. The molecule has 0 aliphatic carbocycles. The summed E-state index contributed by atoms with van der Waals surface area (Å²) in [6, 6.07) is 28.6. The van der Waals surface area contributed by atoms with Crippen LogP contribution in [0.15, 0.2) is 83.3 Å². The average Bonchev–Trinajstić information content (AvgIpc) is 3.27. The van der Waals surface area contributed by atoms with Crippen LogP contribution in [0.5, 0.6) is 5.75 Å². The number of nitrogens with zero attached hydrogens (tertiary/aromatic N) is 3. The quantitative estimate of drug-likeness (QED) is 0.446. The molecule has 0 spiro atoms. The molecule has 0 atom stereocenters. The Morgan fingerprint density at radius 3 is 2.39 bits per heavy atom. The van der Waals surface area contributed by atoms with Gasteiger partial charge in [-0.3, -0.25) is 0 Å². The summed E-state index contributed by atoms with van der Waals surface area (Å²) in [5, 5.41) is 9.54. The fourth-order valence-electron chi connectivity index (χ4n) is 3.89. The maximum Gasteiger partial charge on any atom is 0.236 e. The van der Waals surface area contributed by atoms with E-state index in [1.807, 2.05) is 48.5 Å². The van der Waals surface area contributed by atoms with E-state index in [1.54, 1.807) is 0 Å². The van der Waals surface area contributed by atoms with E-state index >= 15 is 0 Å². The number of oxazole rings is 1. The third-order valence-corrected chi connectivity index (χ3v) is 5.50. The van der Waals surface area contributed by atoms with Crippen molar-refractivity contribution in [2.24, 2.45) is 0 Å². The lowest BCUT2D eigenvalue weighted by Crippen LogP contribution is -2.30. The first-order valence-corrected chi connectivity index (χ1v) is 10.3. The first-order valence-electron chi connectivity index (χ1n) is 10.3. The molecule has 5 nitrogen and oxygen atoms in total. The molecule has 1 aliphatic rings. The van der Waals surface area contributed by atoms with Crippen LogP contribution in [0.1, 0.15) is 22.7 Å². The number of rotatable bonds is 5. The van der Waals surface area contributed by atoms with Crippen LogP contribution in [-0.4, -0.2) is 11.5 Å². The summed E-state index contributed by atoms with van der Waals surface area (Å²) in [4.78, 5) is 6.42. The van der Waals surface area contributed by atoms with Crippen molar-refractivity contribution in [1.29, 1.82) is 5.26 Å². The molecular weight excluding hydrogens is 386 g/mol. The highest BCUT2D eigenvalue weighted by Crippen LogP contribution is 2.29. The first-order chi connectivity index (χ1) is 15.3. The van der Waals surface area contributed by atoms with E-state index in [9.17, 15) is 5.26 Å². The third kappa shape index (κ3) is 4.01. The van der Waals surface area contributed by atoms with Crippen LogP contribution in [0.2, 0.25) is 0 Å².